The molecule has 2 fully saturated rings. The zero-order chi connectivity index (χ0) is 26.9. The second kappa shape index (κ2) is 11.8. The molecule has 2 heterocycles. The highest BCUT2D eigenvalue weighted by molar-refractivity contribution is 5.91. The first kappa shape index (κ1) is 29.6. The summed E-state index contributed by atoms with van der Waals surface area (Å²) in [5, 5.41) is 61.1. The van der Waals surface area contributed by atoms with Crippen molar-refractivity contribution in [3.05, 3.63) is 11.6 Å². The van der Waals surface area contributed by atoms with E-state index in [1.54, 1.807) is 6.08 Å². The smallest absolute Gasteiger partial charge is 0.187 e. The molecule has 2 aliphatic heterocycles. The molecule has 0 bridgehead atoms. The molecule has 1 aliphatic carbocycles. The largest absolute Gasteiger partial charge is 0.394 e. The molecule has 208 valence electrons. The summed E-state index contributed by atoms with van der Waals surface area (Å²) in [5.74, 6) is 0.300. The lowest BCUT2D eigenvalue weighted by Crippen LogP contribution is -2.64. The van der Waals surface area contributed by atoms with Gasteiger partial charge in [-0.05, 0) is 51.0 Å². The first-order valence-corrected chi connectivity index (χ1v) is 12.6. The maximum Gasteiger partial charge on any atom is 0.187 e. The first-order valence-electron chi connectivity index (χ1n) is 12.6. The summed E-state index contributed by atoms with van der Waals surface area (Å²) in [5.41, 5.74) is 0.831. The molecule has 0 aromatic heterocycles. The van der Waals surface area contributed by atoms with E-state index in [1.807, 2.05) is 13.8 Å². The van der Waals surface area contributed by atoms with Gasteiger partial charge in [0.15, 0.2) is 18.4 Å². The van der Waals surface area contributed by atoms with Crippen LogP contribution in [0.5, 0.6) is 0 Å². The molecule has 11 heteroatoms. The van der Waals surface area contributed by atoms with Gasteiger partial charge in [0.1, 0.15) is 42.7 Å². The highest BCUT2D eigenvalue weighted by atomic mass is 16.8. The summed E-state index contributed by atoms with van der Waals surface area (Å²) in [6.07, 6.45) is -10.5. The van der Waals surface area contributed by atoms with Gasteiger partial charge in [-0.3, -0.25) is 4.79 Å². The third-order valence-electron chi connectivity index (χ3n) is 7.66. The van der Waals surface area contributed by atoms with Crippen molar-refractivity contribution in [1.82, 2.24) is 0 Å². The highest BCUT2D eigenvalue weighted by Crippen LogP contribution is 2.42. The number of rotatable bonds is 8. The van der Waals surface area contributed by atoms with Crippen LogP contribution >= 0.6 is 0 Å². The maximum absolute atomic E-state index is 12.0. The van der Waals surface area contributed by atoms with E-state index in [4.69, 9.17) is 18.9 Å². The van der Waals surface area contributed by atoms with E-state index in [2.05, 4.69) is 13.8 Å². The molecule has 2 saturated heterocycles. The van der Waals surface area contributed by atoms with E-state index in [9.17, 15) is 35.4 Å². The molecule has 11 nitrogen and oxygen atoms in total. The molecule has 0 saturated carbocycles. The Balaban J connectivity index is 1.70. The number of carbonyl (C=O) groups excluding carboxylic acids is 1. The van der Waals surface area contributed by atoms with Gasteiger partial charge in [-0.2, -0.15) is 0 Å². The average Bonchev–Trinajstić information content (AvgIpc) is 2.79. The molecule has 6 N–H and O–H groups in total. The van der Waals surface area contributed by atoms with Crippen molar-refractivity contribution in [1.29, 1.82) is 0 Å². The lowest BCUT2D eigenvalue weighted by atomic mass is 9.66. The van der Waals surface area contributed by atoms with Gasteiger partial charge in [0.25, 0.3) is 0 Å². The minimum Gasteiger partial charge on any atom is -0.394 e. The van der Waals surface area contributed by atoms with Crippen molar-refractivity contribution in [2.24, 2.45) is 11.3 Å². The van der Waals surface area contributed by atoms with Crippen molar-refractivity contribution < 1.29 is 54.4 Å². The Kier molecular flexibility index (Phi) is 9.70. The van der Waals surface area contributed by atoms with Gasteiger partial charge in [0, 0.05) is 6.42 Å². The number of allylic oxidation sites excluding steroid dienone is 2. The van der Waals surface area contributed by atoms with Crippen molar-refractivity contribution in [2.75, 3.05) is 6.61 Å². The van der Waals surface area contributed by atoms with Gasteiger partial charge in [-0.15, -0.1) is 0 Å². The van der Waals surface area contributed by atoms with Crippen LogP contribution in [0.2, 0.25) is 0 Å². The third-order valence-corrected chi connectivity index (χ3v) is 7.66. The molecule has 36 heavy (non-hydrogen) atoms. The number of ether oxygens (including phenoxy) is 4. The van der Waals surface area contributed by atoms with Gasteiger partial charge in [0.05, 0.1) is 18.8 Å². The fourth-order valence-electron chi connectivity index (χ4n) is 5.50. The predicted molar refractivity (Wildman–Crippen MR) is 125 cm³/mol. The normalized spacial score (nSPS) is 44.2. The topological polar surface area (TPSA) is 175 Å². The Bertz CT molecular complexity index is 786. The van der Waals surface area contributed by atoms with E-state index in [0.717, 1.165) is 12.0 Å². The Morgan fingerprint density at radius 1 is 1.03 bits per heavy atom. The van der Waals surface area contributed by atoms with E-state index < -0.39 is 74.1 Å². The quantitative estimate of drug-likeness (QED) is 0.242. The monoisotopic (exact) mass is 518 g/mol. The van der Waals surface area contributed by atoms with E-state index in [-0.39, 0.29) is 17.1 Å². The highest BCUT2D eigenvalue weighted by Gasteiger charge is 2.50. The fraction of sp³-hybridized carbons (Fsp3) is 0.880. The van der Waals surface area contributed by atoms with Crippen molar-refractivity contribution in [2.45, 2.75) is 121 Å². The van der Waals surface area contributed by atoms with Gasteiger partial charge < -0.3 is 49.6 Å². The lowest BCUT2D eigenvalue weighted by Gasteiger charge is -2.46. The van der Waals surface area contributed by atoms with Crippen LogP contribution in [-0.4, -0.2) is 111 Å². The number of aliphatic hydroxyl groups is 6. The summed E-state index contributed by atoms with van der Waals surface area (Å²) in [6.45, 7) is 8.83. The van der Waals surface area contributed by atoms with Crippen molar-refractivity contribution in [3.63, 3.8) is 0 Å². The molecular weight excluding hydrogens is 476 g/mol. The van der Waals surface area contributed by atoms with E-state index in [1.165, 1.54) is 6.92 Å². The summed E-state index contributed by atoms with van der Waals surface area (Å²) in [6, 6.07) is 0. The molecule has 0 aromatic carbocycles. The minimum absolute atomic E-state index is 0.121. The van der Waals surface area contributed by atoms with E-state index in [0.29, 0.717) is 12.8 Å². The third kappa shape index (κ3) is 6.35. The van der Waals surface area contributed by atoms with Crippen LogP contribution in [0, 0.1) is 11.3 Å². The zero-order valence-electron chi connectivity index (χ0n) is 21.6. The molecule has 0 aromatic rings. The number of hydrogen-bond acceptors (Lipinski definition) is 11. The standard InChI is InChI=1S/C25H42O11/c1-11-8-14(27)9-25(4,5)15(11)7-6-12(2)33-24-22(20(31)18(29)16(10-26)35-24)36-23-21(32)19(30)17(28)13(3)34-23/h8,12-13,15-24,26,28-32H,6-7,9-10H2,1-5H3/t12-,13-,15+,16-,17-,18-,19+,20+,21+,22-,23-,24-/m0/s1. The molecule has 0 unspecified atom stereocenters. The second-order valence-electron chi connectivity index (χ2n) is 11.1. The van der Waals surface area contributed by atoms with Crippen molar-refractivity contribution in [3.8, 4) is 0 Å². The van der Waals surface area contributed by atoms with Crippen LogP contribution in [0.3, 0.4) is 0 Å². The van der Waals surface area contributed by atoms with Crippen molar-refractivity contribution >= 4 is 5.78 Å². The van der Waals surface area contributed by atoms with Crippen LogP contribution in [0.15, 0.2) is 11.6 Å². The summed E-state index contributed by atoms with van der Waals surface area (Å²) >= 11 is 0. The Labute approximate surface area is 211 Å². The van der Waals surface area contributed by atoms with Crippen LogP contribution in [0.4, 0.5) is 0 Å². The Hall–Kier alpha value is -0.990. The average molecular weight is 519 g/mol. The fourth-order valence-corrected chi connectivity index (χ4v) is 5.50. The van der Waals surface area contributed by atoms with Gasteiger partial charge in [0.2, 0.25) is 0 Å². The van der Waals surface area contributed by atoms with E-state index >= 15 is 0 Å². The molecule has 3 rings (SSSR count). The van der Waals surface area contributed by atoms with Gasteiger partial charge >= 0.3 is 0 Å². The van der Waals surface area contributed by atoms with Crippen LogP contribution in [0.25, 0.3) is 0 Å². The van der Waals surface area contributed by atoms with Gasteiger partial charge in [-0.1, -0.05) is 19.4 Å². The van der Waals surface area contributed by atoms with Crippen LogP contribution < -0.4 is 0 Å². The minimum atomic E-state index is -1.62. The molecule has 0 amide bonds. The SMILES string of the molecule is CC1=CC(=O)CC(C)(C)[C@@H]1CC[C@H](C)O[C@H]1O[C@@H](CO)[C@H](O)[C@@H](O)[C@@H]1O[C@@H]1O[C@@H](C)[C@H](O)[C@@H](O)[C@H]1O. The first-order chi connectivity index (χ1) is 16.8. The molecule has 3 aliphatic rings. The molecular formula is C25H42O11. The Morgan fingerprint density at radius 3 is 2.31 bits per heavy atom. The predicted octanol–water partition coefficient (Wildman–Crippen LogP) is -0.615. The molecule has 0 spiro atoms. The molecule has 12 atom stereocenters. The number of hydrogen-bond donors (Lipinski definition) is 6. The Morgan fingerprint density at radius 2 is 1.69 bits per heavy atom. The maximum atomic E-state index is 12.0. The summed E-state index contributed by atoms with van der Waals surface area (Å²) in [7, 11) is 0. The number of ketones is 1. The molecule has 0 radical (unpaired) electrons. The van der Waals surface area contributed by atoms with Crippen LogP contribution in [0.1, 0.15) is 53.9 Å². The van der Waals surface area contributed by atoms with Gasteiger partial charge in [-0.25, -0.2) is 0 Å². The zero-order valence-corrected chi connectivity index (χ0v) is 21.6. The summed E-state index contributed by atoms with van der Waals surface area (Å²) < 4.78 is 23.0. The summed E-state index contributed by atoms with van der Waals surface area (Å²) in [4.78, 5) is 12.0. The number of carbonyl (C=O) groups is 1. The second-order valence-corrected chi connectivity index (χ2v) is 11.1. The number of aliphatic hydroxyl groups excluding tert-OH is 6. The lowest BCUT2D eigenvalue weighted by molar-refractivity contribution is -0.368. The van der Waals surface area contributed by atoms with Crippen LogP contribution in [-0.2, 0) is 23.7 Å².